The van der Waals surface area contributed by atoms with E-state index in [9.17, 15) is 4.79 Å². The predicted octanol–water partition coefficient (Wildman–Crippen LogP) is 3.53. The van der Waals surface area contributed by atoms with Crippen LogP contribution < -0.4 is 0 Å². The summed E-state index contributed by atoms with van der Waals surface area (Å²) in [4.78, 5) is 14.0. The van der Waals surface area contributed by atoms with Crippen LogP contribution in [0.15, 0.2) is 24.3 Å². The van der Waals surface area contributed by atoms with Gasteiger partial charge in [0, 0.05) is 24.9 Å². The van der Waals surface area contributed by atoms with Crippen molar-refractivity contribution in [3.05, 3.63) is 35.4 Å². The van der Waals surface area contributed by atoms with Crippen LogP contribution in [-0.4, -0.2) is 24.4 Å². The average molecular weight is 259 g/mol. The zero-order valence-corrected chi connectivity index (χ0v) is 12.6. The van der Waals surface area contributed by atoms with Crippen LogP contribution in [0.25, 0.3) is 0 Å². The average Bonchev–Trinajstić information content (AvgIpc) is 2.33. The second kappa shape index (κ2) is 5.36. The Bertz CT molecular complexity index is 443. The third-order valence-corrected chi connectivity index (χ3v) is 4.38. The molecule has 0 heterocycles. The fourth-order valence-corrected chi connectivity index (χ4v) is 3.02. The summed E-state index contributed by atoms with van der Waals surface area (Å²) >= 11 is 0. The van der Waals surface area contributed by atoms with Crippen LogP contribution >= 0.6 is 0 Å². The standard InChI is InChI=1S/C17H25NO/c1-13(2)16(19)18(4)12-17(10-5-11-17)15-8-6-14(3)7-9-15/h6-9,13H,5,10-12H2,1-4H3. The molecule has 2 heteroatoms. The van der Waals surface area contributed by atoms with Gasteiger partial charge in [-0.1, -0.05) is 50.1 Å². The lowest BCUT2D eigenvalue weighted by atomic mass is 9.64. The van der Waals surface area contributed by atoms with Gasteiger partial charge in [-0.15, -0.1) is 0 Å². The molecule has 0 aromatic heterocycles. The highest BCUT2D eigenvalue weighted by molar-refractivity contribution is 5.78. The molecule has 0 N–H and O–H groups in total. The Balaban J connectivity index is 2.15. The van der Waals surface area contributed by atoms with Crippen molar-refractivity contribution in [3.8, 4) is 0 Å². The Morgan fingerprint density at radius 3 is 2.26 bits per heavy atom. The quantitative estimate of drug-likeness (QED) is 0.810. The summed E-state index contributed by atoms with van der Waals surface area (Å²) in [6.45, 7) is 6.91. The lowest BCUT2D eigenvalue weighted by Crippen LogP contribution is -2.47. The van der Waals surface area contributed by atoms with Gasteiger partial charge in [-0.2, -0.15) is 0 Å². The molecule has 1 aromatic rings. The summed E-state index contributed by atoms with van der Waals surface area (Å²) in [5.41, 5.74) is 2.89. The van der Waals surface area contributed by atoms with Crippen molar-refractivity contribution in [3.63, 3.8) is 0 Å². The number of likely N-dealkylation sites (N-methyl/N-ethyl adjacent to an activating group) is 1. The summed E-state index contributed by atoms with van der Waals surface area (Å²) in [5.74, 6) is 0.332. The van der Waals surface area contributed by atoms with Crippen LogP contribution in [0.3, 0.4) is 0 Å². The molecular formula is C17H25NO. The van der Waals surface area contributed by atoms with Crippen LogP contribution in [0.2, 0.25) is 0 Å². The third-order valence-electron chi connectivity index (χ3n) is 4.38. The fraction of sp³-hybridized carbons (Fsp3) is 0.588. The van der Waals surface area contributed by atoms with E-state index in [0.29, 0.717) is 0 Å². The first kappa shape index (κ1) is 14.1. The molecular weight excluding hydrogens is 234 g/mol. The first-order chi connectivity index (χ1) is 8.94. The Morgan fingerprint density at radius 2 is 1.84 bits per heavy atom. The van der Waals surface area contributed by atoms with Gasteiger partial charge < -0.3 is 4.90 Å². The number of benzene rings is 1. The number of carbonyl (C=O) groups excluding carboxylic acids is 1. The Hall–Kier alpha value is -1.31. The van der Waals surface area contributed by atoms with Gasteiger partial charge >= 0.3 is 0 Å². The van der Waals surface area contributed by atoms with Gasteiger partial charge in [0.05, 0.1) is 0 Å². The molecule has 0 spiro atoms. The van der Waals surface area contributed by atoms with Crippen molar-refractivity contribution >= 4 is 5.91 Å². The van der Waals surface area contributed by atoms with Crippen LogP contribution in [0.4, 0.5) is 0 Å². The number of amides is 1. The van der Waals surface area contributed by atoms with Crippen LogP contribution in [0.1, 0.15) is 44.2 Å². The molecule has 1 fully saturated rings. The zero-order chi connectivity index (χ0) is 14.0. The summed E-state index contributed by atoms with van der Waals surface area (Å²) in [6, 6.07) is 8.84. The van der Waals surface area contributed by atoms with E-state index in [-0.39, 0.29) is 17.2 Å². The number of hydrogen-bond acceptors (Lipinski definition) is 1. The van der Waals surface area contributed by atoms with E-state index in [1.807, 2.05) is 25.8 Å². The summed E-state index contributed by atoms with van der Waals surface area (Å²) < 4.78 is 0. The van der Waals surface area contributed by atoms with Crippen molar-refractivity contribution in [1.82, 2.24) is 4.90 Å². The minimum absolute atomic E-state index is 0.0835. The molecule has 0 saturated heterocycles. The summed E-state index contributed by atoms with van der Waals surface area (Å²) in [5, 5.41) is 0. The maximum absolute atomic E-state index is 12.1. The molecule has 0 unspecified atom stereocenters. The molecule has 2 nitrogen and oxygen atoms in total. The van der Waals surface area contributed by atoms with Crippen LogP contribution in [0, 0.1) is 12.8 Å². The number of carbonyl (C=O) groups is 1. The second-order valence-electron chi connectivity index (χ2n) is 6.35. The molecule has 1 saturated carbocycles. The predicted molar refractivity (Wildman–Crippen MR) is 79.2 cm³/mol. The highest BCUT2D eigenvalue weighted by Gasteiger charge is 2.40. The fourth-order valence-electron chi connectivity index (χ4n) is 3.02. The Labute approximate surface area is 116 Å². The summed E-state index contributed by atoms with van der Waals surface area (Å²) in [6.07, 6.45) is 3.68. The lowest BCUT2D eigenvalue weighted by Gasteiger charge is -2.45. The monoisotopic (exact) mass is 259 g/mol. The van der Waals surface area contributed by atoms with Gasteiger partial charge in [-0.05, 0) is 25.3 Å². The molecule has 0 bridgehead atoms. The molecule has 2 rings (SSSR count). The van der Waals surface area contributed by atoms with Crippen LogP contribution in [0.5, 0.6) is 0 Å². The maximum atomic E-state index is 12.1. The Morgan fingerprint density at radius 1 is 1.26 bits per heavy atom. The first-order valence-electron chi connectivity index (χ1n) is 7.27. The van der Waals surface area contributed by atoms with Crippen molar-refractivity contribution < 1.29 is 4.79 Å². The van der Waals surface area contributed by atoms with Gasteiger partial charge in [0.15, 0.2) is 0 Å². The number of hydrogen-bond donors (Lipinski definition) is 0. The maximum Gasteiger partial charge on any atom is 0.224 e. The third kappa shape index (κ3) is 2.83. The highest BCUT2D eigenvalue weighted by atomic mass is 16.2. The molecule has 1 aliphatic rings. The first-order valence-corrected chi connectivity index (χ1v) is 7.27. The highest BCUT2D eigenvalue weighted by Crippen LogP contribution is 2.44. The normalized spacial score (nSPS) is 17.1. The molecule has 104 valence electrons. The van der Waals surface area contributed by atoms with E-state index in [1.165, 1.54) is 30.4 Å². The Kier molecular flexibility index (Phi) is 3.98. The largest absolute Gasteiger partial charge is 0.345 e. The molecule has 19 heavy (non-hydrogen) atoms. The van der Waals surface area contributed by atoms with Gasteiger partial charge in [-0.25, -0.2) is 0 Å². The molecule has 1 aromatic carbocycles. The minimum Gasteiger partial charge on any atom is -0.345 e. The zero-order valence-electron chi connectivity index (χ0n) is 12.6. The van der Waals surface area contributed by atoms with Crippen molar-refractivity contribution in [2.75, 3.05) is 13.6 Å². The molecule has 0 atom stereocenters. The van der Waals surface area contributed by atoms with E-state index < -0.39 is 0 Å². The second-order valence-corrected chi connectivity index (χ2v) is 6.35. The van der Waals surface area contributed by atoms with Crippen molar-refractivity contribution in [2.45, 2.75) is 45.4 Å². The van der Waals surface area contributed by atoms with E-state index in [1.54, 1.807) is 0 Å². The van der Waals surface area contributed by atoms with E-state index in [2.05, 4.69) is 31.2 Å². The van der Waals surface area contributed by atoms with Gasteiger partial charge in [0.2, 0.25) is 5.91 Å². The van der Waals surface area contributed by atoms with Gasteiger partial charge in [0.25, 0.3) is 0 Å². The topological polar surface area (TPSA) is 20.3 Å². The van der Waals surface area contributed by atoms with Crippen LogP contribution in [-0.2, 0) is 10.2 Å². The molecule has 1 amide bonds. The number of aryl methyl sites for hydroxylation is 1. The number of rotatable bonds is 4. The SMILES string of the molecule is Cc1ccc(C2(CN(C)C(=O)C(C)C)CCC2)cc1. The number of nitrogens with zero attached hydrogens (tertiary/aromatic N) is 1. The minimum atomic E-state index is 0.0835. The van der Waals surface area contributed by atoms with Gasteiger partial charge in [0.1, 0.15) is 0 Å². The summed E-state index contributed by atoms with van der Waals surface area (Å²) in [7, 11) is 1.94. The van der Waals surface area contributed by atoms with E-state index >= 15 is 0 Å². The van der Waals surface area contributed by atoms with Crippen molar-refractivity contribution in [1.29, 1.82) is 0 Å². The van der Waals surface area contributed by atoms with E-state index in [0.717, 1.165) is 6.54 Å². The van der Waals surface area contributed by atoms with Gasteiger partial charge in [-0.3, -0.25) is 4.79 Å². The lowest BCUT2D eigenvalue weighted by molar-refractivity contribution is -0.134. The van der Waals surface area contributed by atoms with Crippen molar-refractivity contribution in [2.24, 2.45) is 5.92 Å². The molecule has 1 aliphatic carbocycles. The molecule has 0 aliphatic heterocycles. The van der Waals surface area contributed by atoms with E-state index in [4.69, 9.17) is 0 Å². The molecule has 0 radical (unpaired) electrons. The smallest absolute Gasteiger partial charge is 0.224 e.